The van der Waals surface area contributed by atoms with Crippen LogP contribution in [0.2, 0.25) is 0 Å². The molecule has 0 aliphatic heterocycles. The fourth-order valence-electron chi connectivity index (χ4n) is 4.05. The molecule has 0 unspecified atom stereocenters. The number of sulfone groups is 1. The quantitative estimate of drug-likeness (QED) is 0.354. The van der Waals surface area contributed by atoms with E-state index in [1.54, 1.807) is 12.4 Å². The highest BCUT2D eigenvalue weighted by Gasteiger charge is 2.15. The molecular formula is C27H24N4O2S. The molecule has 0 bridgehead atoms. The van der Waals surface area contributed by atoms with Gasteiger partial charge in [0.1, 0.15) is 0 Å². The summed E-state index contributed by atoms with van der Waals surface area (Å²) in [4.78, 5) is 4.27. The van der Waals surface area contributed by atoms with Crippen molar-refractivity contribution in [2.75, 3.05) is 11.6 Å². The summed E-state index contributed by atoms with van der Waals surface area (Å²) in [5.41, 5.74) is 7.39. The summed E-state index contributed by atoms with van der Waals surface area (Å²) >= 11 is 0. The zero-order valence-electron chi connectivity index (χ0n) is 18.7. The second-order valence-electron chi connectivity index (χ2n) is 8.32. The standard InChI is InChI=1S/C27H24N4O2S/c1-34(32,33)19-21-14-23(18-28-16-21)25-15-26(29-17-20-8-4-2-5-9-20)27-24(12-13-31(27)30-25)22-10-6-3-7-11-22/h2-16,18,29H,17,19H2,1H3. The number of nitrogens with one attached hydrogen (secondary N) is 1. The van der Waals surface area contributed by atoms with Gasteiger partial charge in [0.2, 0.25) is 0 Å². The molecule has 3 heterocycles. The molecule has 0 aliphatic rings. The fourth-order valence-corrected chi connectivity index (χ4v) is 4.82. The van der Waals surface area contributed by atoms with Crippen LogP contribution >= 0.6 is 0 Å². The lowest BCUT2D eigenvalue weighted by Gasteiger charge is -2.13. The third kappa shape index (κ3) is 4.84. The Balaban J connectivity index is 1.61. The number of pyridine rings is 1. The van der Waals surface area contributed by atoms with E-state index in [2.05, 4.69) is 40.6 Å². The van der Waals surface area contributed by atoms with E-state index in [-0.39, 0.29) is 5.75 Å². The fraction of sp³-hybridized carbons (Fsp3) is 0.111. The molecule has 34 heavy (non-hydrogen) atoms. The molecule has 0 radical (unpaired) electrons. The Morgan fingerprint density at radius 3 is 2.32 bits per heavy atom. The third-order valence-electron chi connectivity index (χ3n) is 5.55. The van der Waals surface area contributed by atoms with Crippen molar-refractivity contribution >= 4 is 21.0 Å². The molecule has 5 rings (SSSR count). The maximum atomic E-state index is 11.8. The molecule has 0 saturated heterocycles. The van der Waals surface area contributed by atoms with Crippen molar-refractivity contribution in [2.45, 2.75) is 12.3 Å². The van der Waals surface area contributed by atoms with Crippen LogP contribution in [0, 0.1) is 0 Å². The third-order valence-corrected chi connectivity index (χ3v) is 6.41. The van der Waals surface area contributed by atoms with Gasteiger partial charge in [0.25, 0.3) is 0 Å². The number of aromatic nitrogens is 3. The topological polar surface area (TPSA) is 76.4 Å². The van der Waals surface area contributed by atoms with E-state index in [1.165, 1.54) is 11.8 Å². The van der Waals surface area contributed by atoms with Crippen LogP contribution in [-0.2, 0) is 22.1 Å². The first-order valence-electron chi connectivity index (χ1n) is 10.9. The van der Waals surface area contributed by atoms with E-state index in [0.29, 0.717) is 17.8 Å². The van der Waals surface area contributed by atoms with Gasteiger partial charge in [-0.1, -0.05) is 60.7 Å². The molecule has 0 aliphatic carbocycles. The van der Waals surface area contributed by atoms with Gasteiger partial charge in [0.05, 0.1) is 22.7 Å². The molecule has 5 aromatic rings. The van der Waals surface area contributed by atoms with E-state index in [0.717, 1.165) is 27.9 Å². The largest absolute Gasteiger partial charge is 0.379 e. The van der Waals surface area contributed by atoms with Gasteiger partial charge in [-0.15, -0.1) is 0 Å². The summed E-state index contributed by atoms with van der Waals surface area (Å²) in [6.45, 7) is 0.658. The minimum Gasteiger partial charge on any atom is -0.379 e. The average molecular weight is 469 g/mol. The first-order valence-corrected chi connectivity index (χ1v) is 13.0. The van der Waals surface area contributed by atoms with Crippen molar-refractivity contribution in [3.05, 3.63) is 109 Å². The molecule has 3 aromatic heterocycles. The monoisotopic (exact) mass is 468 g/mol. The normalized spacial score (nSPS) is 11.6. The van der Waals surface area contributed by atoms with E-state index < -0.39 is 9.84 Å². The smallest absolute Gasteiger partial charge is 0.151 e. The first-order chi connectivity index (χ1) is 16.5. The Hall–Kier alpha value is -3.97. The highest BCUT2D eigenvalue weighted by Crippen LogP contribution is 2.33. The van der Waals surface area contributed by atoms with Gasteiger partial charge in [-0.05, 0) is 34.9 Å². The maximum Gasteiger partial charge on any atom is 0.151 e. The Bertz CT molecular complexity index is 1550. The van der Waals surface area contributed by atoms with Crippen LogP contribution in [-0.4, -0.2) is 29.3 Å². The molecule has 0 atom stereocenters. The highest BCUT2D eigenvalue weighted by molar-refractivity contribution is 7.89. The lowest BCUT2D eigenvalue weighted by atomic mass is 10.1. The van der Waals surface area contributed by atoms with Crippen molar-refractivity contribution in [3.8, 4) is 22.4 Å². The average Bonchev–Trinajstić information content (AvgIpc) is 3.27. The van der Waals surface area contributed by atoms with Gasteiger partial charge in [-0.2, -0.15) is 5.10 Å². The van der Waals surface area contributed by atoms with Gasteiger partial charge < -0.3 is 5.32 Å². The van der Waals surface area contributed by atoms with E-state index in [9.17, 15) is 8.42 Å². The van der Waals surface area contributed by atoms with Crippen molar-refractivity contribution < 1.29 is 8.42 Å². The van der Waals surface area contributed by atoms with Crippen LogP contribution in [0.5, 0.6) is 0 Å². The predicted octanol–water partition coefficient (Wildman–Crippen LogP) is 5.22. The summed E-state index contributed by atoms with van der Waals surface area (Å²) in [5.74, 6) is -0.0587. The molecule has 0 amide bonds. The number of benzene rings is 2. The Kier molecular flexibility index (Phi) is 5.86. The maximum absolute atomic E-state index is 11.8. The number of fused-ring (bicyclic) bond motifs is 1. The van der Waals surface area contributed by atoms with Gasteiger partial charge in [-0.3, -0.25) is 4.98 Å². The van der Waals surface area contributed by atoms with Crippen molar-refractivity contribution in [2.24, 2.45) is 0 Å². The van der Waals surface area contributed by atoms with E-state index >= 15 is 0 Å². The van der Waals surface area contributed by atoms with Crippen LogP contribution < -0.4 is 5.32 Å². The minimum absolute atomic E-state index is 0.0587. The van der Waals surface area contributed by atoms with Crippen LogP contribution in [0.4, 0.5) is 5.69 Å². The van der Waals surface area contributed by atoms with Crippen LogP contribution in [0.15, 0.2) is 97.5 Å². The minimum atomic E-state index is -3.16. The van der Waals surface area contributed by atoms with Crippen LogP contribution in [0.1, 0.15) is 11.1 Å². The zero-order valence-corrected chi connectivity index (χ0v) is 19.5. The summed E-state index contributed by atoms with van der Waals surface area (Å²) in [5, 5.41) is 8.42. The molecule has 0 fully saturated rings. The van der Waals surface area contributed by atoms with Gasteiger partial charge >= 0.3 is 0 Å². The lowest BCUT2D eigenvalue weighted by molar-refractivity contribution is 0.601. The Labute approximate surface area is 198 Å². The molecule has 170 valence electrons. The van der Waals surface area contributed by atoms with Crippen LogP contribution in [0.3, 0.4) is 0 Å². The number of nitrogens with zero attached hydrogens (tertiary/aromatic N) is 3. The number of anilines is 1. The van der Waals surface area contributed by atoms with Crippen LogP contribution in [0.25, 0.3) is 27.9 Å². The SMILES string of the molecule is CS(=O)(=O)Cc1cncc(-c2cc(NCc3ccccc3)c3c(-c4ccccc4)ccn3n2)c1. The Morgan fingerprint density at radius 1 is 0.853 bits per heavy atom. The molecule has 2 aromatic carbocycles. The number of hydrogen-bond donors (Lipinski definition) is 1. The van der Waals surface area contributed by atoms with Gasteiger partial charge in [0, 0.05) is 42.5 Å². The summed E-state index contributed by atoms with van der Waals surface area (Å²) in [7, 11) is -3.16. The summed E-state index contributed by atoms with van der Waals surface area (Å²) in [6.07, 6.45) is 6.46. The van der Waals surface area contributed by atoms with Crippen molar-refractivity contribution in [1.82, 2.24) is 14.6 Å². The predicted molar refractivity (Wildman–Crippen MR) is 136 cm³/mol. The van der Waals surface area contributed by atoms with Crippen molar-refractivity contribution in [3.63, 3.8) is 0 Å². The Morgan fingerprint density at radius 2 is 1.59 bits per heavy atom. The first kappa shape index (κ1) is 21.9. The molecule has 6 nitrogen and oxygen atoms in total. The highest BCUT2D eigenvalue weighted by atomic mass is 32.2. The molecule has 0 spiro atoms. The molecule has 7 heteroatoms. The van der Waals surface area contributed by atoms with Gasteiger partial charge in [-0.25, -0.2) is 12.9 Å². The summed E-state index contributed by atoms with van der Waals surface area (Å²) < 4.78 is 25.4. The molecule has 1 N–H and O–H groups in total. The lowest BCUT2D eigenvalue weighted by Crippen LogP contribution is -2.05. The second kappa shape index (κ2) is 9.11. The molecule has 0 saturated carbocycles. The second-order valence-corrected chi connectivity index (χ2v) is 10.5. The summed E-state index contributed by atoms with van der Waals surface area (Å²) in [6, 6.07) is 26.4. The van der Waals surface area contributed by atoms with Gasteiger partial charge in [0.15, 0.2) is 9.84 Å². The zero-order chi connectivity index (χ0) is 23.5. The van der Waals surface area contributed by atoms with E-state index in [4.69, 9.17) is 5.10 Å². The number of rotatable bonds is 7. The van der Waals surface area contributed by atoms with E-state index in [1.807, 2.05) is 59.2 Å². The number of hydrogen-bond acceptors (Lipinski definition) is 5. The molecular weight excluding hydrogens is 444 g/mol. The van der Waals surface area contributed by atoms with Crippen molar-refractivity contribution in [1.29, 1.82) is 0 Å².